The lowest BCUT2D eigenvalue weighted by Crippen LogP contribution is -2.27. The maximum Gasteiger partial charge on any atom is 0.243 e. The first-order valence-electron chi connectivity index (χ1n) is 4.83. The molecule has 0 bridgehead atoms. The normalized spacial score (nSPS) is 11.7. The average molecular weight is 240 g/mol. The maximum absolute atomic E-state index is 12.1. The van der Waals surface area contributed by atoms with Crippen LogP contribution in [-0.2, 0) is 10.0 Å². The standard InChI is InChI=1S/C11H16N2O2S/c1-4-8-13(3)16(14,15)11-7-5-6-10(12)9(11)2/h4-7H,1,8,12H2,2-3H3. The summed E-state index contributed by atoms with van der Waals surface area (Å²) in [5.74, 6) is 0. The molecular formula is C11H16N2O2S. The Labute approximate surface area is 96.4 Å². The molecule has 0 spiro atoms. The molecule has 0 aliphatic carbocycles. The quantitative estimate of drug-likeness (QED) is 0.639. The number of rotatable bonds is 4. The van der Waals surface area contributed by atoms with E-state index in [1.54, 1.807) is 31.2 Å². The van der Waals surface area contributed by atoms with Crippen LogP contribution in [0.3, 0.4) is 0 Å². The minimum Gasteiger partial charge on any atom is -0.398 e. The molecule has 0 saturated heterocycles. The zero-order valence-electron chi connectivity index (χ0n) is 9.47. The molecule has 0 aliphatic heterocycles. The molecule has 2 N–H and O–H groups in total. The summed E-state index contributed by atoms with van der Waals surface area (Å²) in [5, 5.41) is 0. The van der Waals surface area contributed by atoms with E-state index in [0.29, 0.717) is 11.3 Å². The van der Waals surface area contributed by atoms with Crippen molar-refractivity contribution in [2.45, 2.75) is 11.8 Å². The largest absolute Gasteiger partial charge is 0.398 e. The highest BCUT2D eigenvalue weighted by molar-refractivity contribution is 7.89. The molecule has 0 amide bonds. The van der Waals surface area contributed by atoms with Crippen LogP contribution in [0.1, 0.15) is 5.56 Å². The number of hydrogen-bond acceptors (Lipinski definition) is 3. The second-order valence-corrected chi connectivity index (χ2v) is 5.56. The Morgan fingerprint density at radius 1 is 1.50 bits per heavy atom. The third kappa shape index (κ3) is 2.25. The minimum absolute atomic E-state index is 0.247. The van der Waals surface area contributed by atoms with E-state index < -0.39 is 10.0 Å². The SMILES string of the molecule is C=CCN(C)S(=O)(=O)c1cccc(N)c1C. The number of nitrogens with two attached hydrogens (primary N) is 1. The number of likely N-dealkylation sites (N-methyl/N-ethyl adjacent to an activating group) is 1. The minimum atomic E-state index is -3.47. The van der Waals surface area contributed by atoms with Gasteiger partial charge in [0.1, 0.15) is 0 Å². The lowest BCUT2D eigenvalue weighted by molar-refractivity contribution is 0.499. The summed E-state index contributed by atoms with van der Waals surface area (Å²) >= 11 is 0. The van der Waals surface area contributed by atoms with Crippen molar-refractivity contribution in [2.75, 3.05) is 19.3 Å². The van der Waals surface area contributed by atoms with Crippen LogP contribution in [0.2, 0.25) is 0 Å². The van der Waals surface area contributed by atoms with Crippen LogP contribution in [0.15, 0.2) is 35.7 Å². The van der Waals surface area contributed by atoms with Gasteiger partial charge in [0, 0.05) is 19.3 Å². The molecule has 5 heteroatoms. The fourth-order valence-corrected chi connectivity index (χ4v) is 2.75. The maximum atomic E-state index is 12.1. The summed E-state index contributed by atoms with van der Waals surface area (Å²) in [4.78, 5) is 0.247. The molecule has 16 heavy (non-hydrogen) atoms. The number of benzene rings is 1. The number of sulfonamides is 1. The van der Waals surface area contributed by atoms with Crippen LogP contribution in [0.5, 0.6) is 0 Å². The average Bonchev–Trinajstić information content (AvgIpc) is 2.22. The van der Waals surface area contributed by atoms with E-state index in [1.165, 1.54) is 11.4 Å². The molecule has 1 aromatic carbocycles. The van der Waals surface area contributed by atoms with Crippen molar-refractivity contribution in [3.05, 3.63) is 36.4 Å². The van der Waals surface area contributed by atoms with Gasteiger partial charge in [0.2, 0.25) is 10.0 Å². The van der Waals surface area contributed by atoms with Gasteiger partial charge in [-0.3, -0.25) is 0 Å². The smallest absolute Gasteiger partial charge is 0.243 e. The van der Waals surface area contributed by atoms with Crippen LogP contribution in [-0.4, -0.2) is 26.3 Å². The summed E-state index contributed by atoms with van der Waals surface area (Å²) < 4.78 is 25.5. The Hall–Kier alpha value is -1.33. The van der Waals surface area contributed by atoms with Crippen molar-refractivity contribution in [3.8, 4) is 0 Å². The van der Waals surface area contributed by atoms with Gasteiger partial charge in [0.05, 0.1) is 4.90 Å². The lowest BCUT2D eigenvalue weighted by atomic mass is 10.2. The Bertz CT molecular complexity index is 495. The fraction of sp³-hybridized carbons (Fsp3) is 0.273. The predicted octanol–water partition coefficient (Wildman–Crippen LogP) is 1.38. The second kappa shape index (κ2) is 4.67. The van der Waals surface area contributed by atoms with Crippen LogP contribution >= 0.6 is 0 Å². The summed E-state index contributed by atoms with van der Waals surface area (Å²) in [7, 11) is -1.96. The van der Waals surface area contributed by atoms with Crippen molar-refractivity contribution in [1.82, 2.24) is 4.31 Å². The van der Waals surface area contributed by atoms with Crippen LogP contribution in [0, 0.1) is 6.92 Å². The van der Waals surface area contributed by atoms with E-state index in [-0.39, 0.29) is 11.4 Å². The van der Waals surface area contributed by atoms with E-state index >= 15 is 0 Å². The Balaban J connectivity index is 3.27. The molecule has 0 saturated carbocycles. The summed E-state index contributed by atoms with van der Waals surface area (Å²) in [6.45, 7) is 5.49. The number of hydrogen-bond donors (Lipinski definition) is 1. The molecular weight excluding hydrogens is 224 g/mol. The van der Waals surface area contributed by atoms with Crippen LogP contribution in [0.25, 0.3) is 0 Å². The van der Waals surface area contributed by atoms with Gasteiger partial charge in [-0.15, -0.1) is 6.58 Å². The molecule has 0 heterocycles. The zero-order valence-corrected chi connectivity index (χ0v) is 10.3. The first-order chi connectivity index (χ1) is 7.41. The van der Waals surface area contributed by atoms with Crippen molar-refractivity contribution in [1.29, 1.82) is 0 Å². The van der Waals surface area contributed by atoms with Crippen molar-refractivity contribution in [2.24, 2.45) is 0 Å². The van der Waals surface area contributed by atoms with E-state index in [4.69, 9.17) is 5.73 Å². The lowest BCUT2D eigenvalue weighted by Gasteiger charge is -2.17. The molecule has 0 aromatic heterocycles. The van der Waals surface area contributed by atoms with Crippen LogP contribution in [0.4, 0.5) is 5.69 Å². The highest BCUT2D eigenvalue weighted by atomic mass is 32.2. The summed E-state index contributed by atoms with van der Waals surface area (Å²) in [5.41, 5.74) is 6.75. The van der Waals surface area contributed by atoms with E-state index in [2.05, 4.69) is 6.58 Å². The highest BCUT2D eigenvalue weighted by Gasteiger charge is 2.22. The second-order valence-electron chi connectivity index (χ2n) is 3.54. The summed E-state index contributed by atoms with van der Waals surface area (Å²) in [6, 6.07) is 4.87. The molecule has 0 aliphatic rings. The van der Waals surface area contributed by atoms with E-state index in [9.17, 15) is 8.42 Å². The summed E-state index contributed by atoms with van der Waals surface area (Å²) in [6.07, 6.45) is 1.54. The van der Waals surface area contributed by atoms with E-state index in [0.717, 1.165) is 0 Å². The Morgan fingerprint density at radius 3 is 2.69 bits per heavy atom. The number of anilines is 1. The third-order valence-electron chi connectivity index (χ3n) is 2.40. The van der Waals surface area contributed by atoms with Crippen LogP contribution < -0.4 is 5.73 Å². The van der Waals surface area contributed by atoms with Crippen molar-refractivity contribution < 1.29 is 8.42 Å². The fourth-order valence-electron chi connectivity index (χ4n) is 1.36. The van der Waals surface area contributed by atoms with Crippen molar-refractivity contribution >= 4 is 15.7 Å². The molecule has 0 unspecified atom stereocenters. The van der Waals surface area contributed by atoms with Gasteiger partial charge in [-0.05, 0) is 24.6 Å². The molecule has 0 fully saturated rings. The number of nitrogen functional groups attached to an aromatic ring is 1. The molecule has 88 valence electrons. The Morgan fingerprint density at radius 2 is 2.12 bits per heavy atom. The van der Waals surface area contributed by atoms with Gasteiger partial charge < -0.3 is 5.73 Å². The zero-order chi connectivity index (χ0) is 12.3. The highest BCUT2D eigenvalue weighted by Crippen LogP contribution is 2.22. The first kappa shape index (κ1) is 12.7. The van der Waals surface area contributed by atoms with Crippen molar-refractivity contribution in [3.63, 3.8) is 0 Å². The molecule has 4 nitrogen and oxygen atoms in total. The predicted molar refractivity (Wildman–Crippen MR) is 65.6 cm³/mol. The Kier molecular flexibility index (Phi) is 3.72. The molecule has 1 rings (SSSR count). The van der Waals surface area contributed by atoms with Gasteiger partial charge in [0.25, 0.3) is 0 Å². The molecule has 1 aromatic rings. The van der Waals surface area contributed by atoms with E-state index in [1.807, 2.05) is 0 Å². The van der Waals surface area contributed by atoms with Gasteiger partial charge in [-0.1, -0.05) is 12.1 Å². The third-order valence-corrected chi connectivity index (χ3v) is 4.37. The first-order valence-corrected chi connectivity index (χ1v) is 6.27. The van der Waals surface area contributed by atoms with Gasteiger partial charge in [-0.25, -0.2) is 8.42 Å². The van der Waals surface area contributed by atoms with Gasteiger partial charge in [0.15, 0.2) is 0 Å². The monoisotopic (exact) mass is 240 g/mol. The molecule has 0 atom stereocenters. The molecule has 0 radical (unpaired) electrons. The van der Waals surface area contributed by atoms with Gasteiger partial charge in [-0.2, -0.15) is 4.31 Å². The van der Waals surface area contributed by atoms with Gasteiger partial charge >= 0.3 is 0 Å². The number of nitrogens with zero attached hydrogens (tertiary/aromatic N) is 1. The topological polar surface area (TPSA) is 63.4 Å².